The van der Waals surface area contributed by atoms with Crippen molar-refractivity contribution in [3.63, 3.8) is 0 Å². The summed E-state index contributed by atoms with van der Waals surface area (Å²) in [6.07, 6.45) is -0.988. The molecule has 0 aliphatic heterocycles. The van der Waals surface area contributed by atoms with Crippen molar-refractivity contribution >= 4 is 6.16 Å². The van der Waals surface area contributed by atoms with Crippen molar-refractivity contribution in [2.24, 2.45) is 0 Å². The van der Waals surface area contributed by atoms with Crippen molar-refractivity contribution in [3.05, 3.63) is 12.7 Å². The molecule has 9 heavy (non-hydrogen) atoms. The summed E-state index contributed by atoms with van der Waals surface area (Å²) in [6.45, 7) is 3.27. The topological polar surface area (TPSA) is 55.8 Å². The van der Waals surface area contributed by atoms with E-state index in [1.807, 2.05) is 0 Å². The van der Waals surface area contributed by atoms with Crippen LogP contribution in [0, 0.1) is 0 Å². The van der Waals surface area contributed by atoms with Crippen LogP contribution in [0.2, 0.25) is 0 Å². The average Bonchev–Trinajstić information content (AvgIpc) is 1.82. The zero-order chi connectivity index (χ0) is 7.28. The van der Waals surface area contributed by atoms with Gasteiger partial charge in [0.15, 0.2) is 0 Å². The fraction of sp³-hybridized carbons (Fsp3) is 0.400. The van der Waals surface area contributed by atoms with Crippen LogP contribution in [0.3, 0.4) is 0 Å². The molecular formula is C5H8O4. The van der Waals surface area contributed by atoms with Crippen LogP contribution in [0.5, 0.6) is 0 Å². The number of methoxy groups -OCH3 is 1. The first kappa shape index (κ1) is 7.97. The quantitative estimate of drug-likeness (QED) is 0.351. The third-order valence-corrected chi connectivity index (χ3v) is 0.642. The van der Waals surface area contributed by atoms with Crippen LogP contribution in [0.1, 0.15) is 0 Å². The molecule has 0 rings (SSSR count). The number of carbonyl (C=O) groups is 1. The Morgan fingerprint density at radius 3 is 2.56 bits per heavy atom. The number of hydrogen-bond donors (Lipinski definition) is 1. The van der Waals surface area contributed by atoms with Crippen molar-refractivity contribution in [2.75, 3.05) is 7.11 Å². The maximum absolute atomic E-state index is 9.78. The summed E-state index contributed by atoms with van der Waals surface area (Å²) < 4.78 is 8.61. The van der Waals surface area contributed by atoms with Gasteiger partial charge in [-0.25, -0.2) is 4.79 Å². The molecule has 0 spiro atoms. The van der Waals surface area contributed by atoms with E-state index < -0.39 is 12.4 Å². The van der Waals surface area contributed by atoms with E-state index in [9.17, 15) is 4.79 Å². The van der Waals surface area contributed by atoms with Crippen LogP contribution in [-0.2, 0) is 9.47 Å². The van der Waals surface area contributed by atoms with Gasteiger partial charge in [0, 0.05) is 7.11 Å². The molecule has 0 bridgehead atoms. The highest BCUT2D eigenvalue weighted by molar-refractivity contribution is 5.57. The second kappa shape index (κ2) is 3.91. The first-order valence-corrected chi connectivity index (χ1v) is 2.25. The van der Waals surface area contributed by atoms with Crippen LogP contribution in [0.25, 0.3) is 0 Å². The molecule has 1 atom stereocenters. The third kappa shape index (κ3) is 3.54. The highest BCUT2D eigenvalue weighted by atomic mass is 16.7. The Balaban J connectivity index is 3.55. The van der Waals surface area contributed by atoms with Crippen LogP contribution in [0.15, 0.2) is 12.7 Å². The number of carboxylic acid groups (broad SMARTS) is 1. The minimum Gasteiger partial charge on any atom is -0.450 e. The molecule has 4 nitrogen and oxygen atoms in total. The molecule has 52 valence electrons. The molecule has 0 saturated heterocycles. The van der Waals surface area contributed by atoms with E-state index in [-0.39, 0.29) is 0 Å². The number of rotatable bonds is 3. The monoisotopic (exact) mass is 132 g/mol. The van der Waals surface area contributed by atoms with Gasteiger partial charge >= 0.3 is 6.16 Å². The van der Waals surface area contributed by atoms with Crippen LogP contribution >= 0.6 is 0 Å². The maximum Gasteiger partial charge on any atom is 0.508 e. The standard InChI is InChI=1S/C5H8O4/c1-3-4(8-2)9-5(6)7/h3-4H,1H2,2H3,(H,6,7). The molecule has 0 aromatic heterocycles. The molecule has 1 unspecified atom stereocenters. The van der Waals surface area contributed by atoms with E-state index in [4.69, 9.17) is 5.11 Å². The van der Waals surface area contributed by atoms with Crippen molar-refractivity contribution < 1.29 is 19.4 Å². The van der Waals surface area contributed by atoms with Crippen molar-refractivity contribution in [1.82, 2.24) is 0 Å². The molecule has 0 radical (unpaired) electrons. The summed E-state index contributed by atoms with van der Waals surface area (Å²) in [5.41, 5.74) is 0. The van der Waals surface area contributed by atoms with Gasteiger partial charge in [0.05, 0.1) is 0 Å². The zero-order valence-corrected chi connectivity index (χ0v) is 5.03. The van der Waals surface area contributed by atoms with Crippen molar-refractivity contribution in [2.45, 2.75) is 6.29 Å². The predicted octanol–water partition coefficient (Wildman–Crippen LogP) is 0.839. The molecule has 0 saturated carbocycles. The summed E-state index contributed by atoms with van der Waals surface area (Å²) >= 11 is 0. The molecule has 0 fully saturated rings. The van der Waals surface area contributed by atoms with Gasteiger partial charge in [-0.3, -0.25) is 0 Å². The van der Waals surface area contributed by atoms with Crippen LogP contribution in [0.4, 0.5) is 4.79 Å². The minimum absolute atomic E-state index is 0.859. The lowest BCUT2D eigenvalue weighted by Crippen LogP contribution is -2.15. The van der Waals surface area contributed by atoms with Gasteiger partial charge in [0.2, 0.25) is 6.29 Å². The largest absolute Gasteiger partial charge is 0.508 e. The molecule has 0 aromatic rings. The normalized spacial score (nSPS) is 12.1. The summed E-state index contributed by atoms with van der Waals surface area (Å²) in [4.78, 5) is 9.78. The van der Waals surface area contributed by atoms with Crippen LogP contribution in [-0.4, -0.2) is 24.7 Å². The van der Waals surface area contributed by atoms with Crippen molar-refractivity contribution in [1.29, 1.82) is 0 Å². The van der Waals surface area contributed by atoms with E-state index in [2.05, 4.69) is 16.1 Å². The molecule has 0 heterocycles. The molecule has 0 amide bonds. The first-order valence-electron chi connectivity index (χ1n) is 2.25. The van der Waals surface area contributed by atoms with Crippen molar-refractivity contribution in [3.8, 4) is 0 Å². The van der Waals surface area contributed by atoms with Crippen LogP contribution < -0.4 is 0 Å². The fourth-order valence-electron chi connectivity index (χ4n) is 0.292. The lowest BCUT2D eigenvalue weighted by atomic mass is 10.6. The van der Waals surface area contributed by atoms with E-state index in [0.29, 0.717) is 0 Å². The molecular weight excluding hydrogens is 124 g/mol. The summed E-state index contributed by atoms with van der Waals surface area (Å²) in [7, 11) is 1.33. The smallest absolute Gasteiger partial charge is 0.450 e. The number of ether oxygens (including phenoxy) is 2. The predicted molar refractivity (Wildman–Crippen MR) is 30.1 cm³/mol. The number of hydrogen-bond acceptors (Lipinski definition) is 3. The van der Waals surface area contributed by atoms with Gasteiger partial charge in [-0.05, 0) is 6.08 Å². The van der Waals surface area contributed by atoms with E-state index >= 15 is 0 Å². The molecule has 0 aromatic carbocycles. The Hall–Kier alpha value is -1.03. The highest BCUT2D eigenvalue weighted by Gasteiger charge is 2.05. The summed E-state index contributed by atoms with van der Waals surface area (Å²) in [5, 5.41) is 8.00. The van der Waals surface area contributed by atoms with E-state index in [0.717, 1.165) is 0 Å². The second-order valence-electron chi connectivity index (χ2n) is 1.22. The van der Waals surface area contributed by atoms with E-state index in [1.54, 1.807) is 0 Å². The van der Waals surface area contributed by atoms with Gasteiger partial charge in [0.25, 0.3) is 0 Å². The summed E-state index contributed by atoms with van der Waals surface area (Å²) in [6, 6.07) is 0. The third-order valence-electron chi connectivity index (χ3n) is 0.642. The Morgan fingerprint density at radius 1 is 1.89 bits per heavy atom. The Morgan fingerprint density at radius 2 is 2.44 bits per heavy atom. The molecule has 0 aliphatic rings. The highest BCUT2D eigenvalue weighted by Crippen LogP contribution is 1.92. The van der Waals surface area contributed by atoms with Gasteiger partial charge in [-0.15, -0.1) is 0 Å². The maximum atomic E-state index is 9.78. The fourth-order valence-corrected chi connectivity index (χ4v) is 0.292. The molecule has 1 N–H and O–H groups in total. The second-order valence-corrected chi connectivity index (χ2v) is 1.22. The minimum atomic E-state index is -1.37. The molecule has 0 aliphatic carbocycles. The van der Waals surface area contributed by atoms with Gasteiger partial charge in [0.1, 0.15) is 0 Å². The lowest BCUT2D eigenvalue weighted by molar-refractivity contribution is -0.0644. The summed E-state index contributed by atoms with van der Waals surface area (Å²) in [5.74, 6) is 0. The Bertz CT molecular complexity index is 110. The van der Waals surface area contributed by atoms with Gasteiger partial charge in [-0.2, -0.15) is 0 Å². The van der Waals surface area contributed by atoms with Gasteiger partial charge < -0.3 is 14.6 Å². The Labute approximate surface area is 52.7 Å². The van der Waals surface area contributed by atoms with E-state index in [1.165, 1.54) is 13.2 Å². The van der Waals surface area contributed by atoms with Gasteiger partial charge in [-0.1, -0.05) is 6.58 Å². The Kier molecular flexibility index (Phi) is 3.46. The lowest BCUT2D eigenvalue weighted by Gasteiger charge is -2.07. The average molecular weight is 132 g/mol. The molecule has 4 heteroatoms. The SMILES string of the molecule is C=CC(OC)OC(=O)O. The first-order chi connectivity index (χ1) is 4.20. The zero-order valence-electron chi connectivity index (χ0n) is 5.03.